The number of ether oxygens (including phenoxy) is 1. The second-order valence-electron chi connectivity index (χ2n) is 9.08. The SMILES string of the molecule is Cc1nnc(-c2ccc(Oc3cc(C(=O)Nc4ccc5nc[nH]c5c4)ccc3CN3CCCC3=O)cc2)o1. The number of imidazole rings is 1. The Labute approximate surface area is 217 Å². The van der Waals surface area contributed by atoms with Crippen LogP contribution in [-0.4, -0.2) is 43.4 Å². The molecule has 0 saturated carbocycles. The summed E-state index contributed by atoms with van der Waals surface area (Å²) in [6.07, 6.45) is 3.00. The lowest BCUT2D eigenvalue weighted by Gasteiger charge is -2.19. The van der Waals surface area contributed by atoms with Gasteiger partial charge in [-0.3, -0.25) is 9.59 Å². The molecule has 10 nitrogen and oxygen atoms in total. The van der Waals surface area contributed by atoms with Crippen LogP contribution in [0.3, 0.4) is 0 Å². The number of hydrogen-bond acceptors (Lipinski definition) is 7. The Kier molecular flexibility index (Phi) is 6.04. The van der Waals surface area contributed by atoms with Crippen LogP contribution in [0, 0.1) is 6.92 Å². The number of fused-ring (bicyclic) bond motifs is 1. The van der Waals surface area contributed by atoms with E-state index in [1.807, 2.05) is 35.2 Å². The molecule has 3 heterocycles. The number of carbonyl (C=O) groups is 2. The lowest BCUT2D eigenvalue weighted by atomic mass is 10.1. The summed E-state index contributed by atoms with van der Waals surface area (Å²) in [6, 6.07) is 18.0. The fraction of sp³-hybridized carbons (Fsp3) is 0.179. The molecule has 0 atom stereocenters. The van der Waals surface area contributed by atoms with Crippen molar-refractivity contribution in [2.75, 3.05) is 11.9 Å². The van der Waals surface area contributed by atoms with Crippen LogP contribution in [0.2, 0.25) is 0 Å². The second-order valence-corrected chi connectivity index (χ2v) is 9.08. The highest BCUT2D eigenvalue weighted by atomic mass is 16.5. The number of anilines is 1. The van der Waals surface area contributed by atoms with Crippen LogP contribution < -0.4 is 10.1 Å². The maximum atomic E-state index is 13.1. The number of aromatic nitrogens is 4. The van der Waals surface area contributed by atoms with E-state index < -0.39 is 0 Å². The first-order chi connectivity index (χ1) is 18.5. The quantitative estimate of drug-likeness (QED) is 0.314. The number of rotatable bonds is 7. The molecule has 2 aromatic heterocycles. The van der Waals surface area contributed by atoms with E-state index in [-0.39, 0.29) is 11.8 Å². The van der Waals surface area contributed by atoms with E-state index in [4.69, 9.17) is 9.15 Å². The summed E-state index contributed by atoms with van der Waals surface area (Å²) in [5.41, 5.74) is 4.30. The highest BCUT2D eigenvalue weighted by molar-refractivity contribution is 6.05. The number of benzene rings is 3. The molecular formula is C28H24N6O4. The van der Waals surface area contributed by atoms with Gasteiger partial charge in [0.2, 0.25) is 17.7 Å². The van der Waals surface area contributed by atoms with E-state index in [0.717, 1.165) is 28.6 Å². The molecule has 10 heteroatoms. The van der Waals surface area contributed by atoms with Gasteiger partial charge >= 0.3 is 0 Å². The third-order valence-corrected chi connectivity index (χ3v) is 6.40. The Balaban J connectivity index is 1.26. The van der Waals surface area contributed by atoms with Crippen molar-refractivity contribution in [2.45, 2.75) is 26.3 Å². The van der Waals surface area contributed by atoms with Gasteiger partial charge in [0.1, 0.15) is 11.5 Å². The molecular weight excluding hydrogens is 484 g/mol. The molecule has 1 fully saturated rings. The van der Waals surface area contributed by atoms with E-state index in [1.54, 1.807) is 43.6 Å². The standard InChI is InChI=1S/C28H24N6O4/c1-17-32-33-28(37-17)18-6-9-22(10-7-18)38-25-13-19(4-5-20(25)15-34-12-2-3-26(34)35)27(36)31-21-8-11-23-24(14-21)30-16-29-23/h4-11,13-14,16H,2-3,12,15H2,1H3,(H,29,30)(H,31,36). The molecule has 0 unspecified atom stereocenters. The first-order valence-corrected chi connectivity index (χ1v) is 12.3. The van der Waals surface area contributed by atoms with Crippen molar-refractivity contribution in [3.63, 3.8) is 0 Å². The maximum absolute atomic E-state index is 13.1. The zero-order chi connectivity index (χ0) is 26.1. The average Bonchev–Trinajstić information content (AvgIpc) is 3.67. The summed E-state index contributed by atoms with van der Waals surface area (Å²) in [6.45, 7) is 2.85. The first-order valence-electron chi connectivity index (χ1n) is 12.3. The fourth-order valence-electron chi connectivity index (χ4n) is 4.42. The zero-order valence-electron chi connectivity index (χ0n) is 20.6. The van der Waals surface area contributed by atoms with E-state index >= 15 is 0 Å². The maximum Gasteiger partial charge on any atom is 0.255 e. The minimum Gasteiger partial charge on any atom is -0.457 e. The molecule has 3 aromatic carbocycles. The second kappa shape index (κ2) is 9.81. The number of likely N-dealkylation sites (tertiary alicyclic amines) is 1. The van der Waals surface area contributed by atoms with Crippen LogP contribution in [0.5, 0.6) is 11.5 Å². The molecule has 190 valence electrons. The van der Waals surface area contributed by atoms with E-state index in [9.17, 15) is 9.59 Å². The van der Waals surface area contributed by atoms with Crippen molar-refractivity contribution < 1.29 is 18.7 Å². The third-order valence-electron chi connectivity index (χ3n) is 6.40. The molecule has 38 heavy (non-hydrogen) atoms. The fourth-order valence-corrected chi connectivity index (χ4v) is 4.42. The van der Waals surface area contributed by atoms with Gasteiger partial charge in [-0.2, -0.15) is 0 Å². The minimum atomic E-state index is -0.278. The van der Waals surface area contributed by atoms with Crippen LogP contribution in [0.15, 0.2) is 71.4 Å². The number of carbonyl (C=O) groups excluding carboxylic acids is 2. The van der Waals surface area contributed by atoms with Gasteiger partial charge in [-0.15, -0.1) is 10.2 Å². The molecule has 5 aromatic rings. The molecule has 2 N–H and O–H groups in total. The molecule has 1 aliphatic heterocycles. The third kappa shape index (κ3) is 4.83. The number of H-pyrrole nitrogens is 1. The Hall–Kier alpha value is -4.99. The lowest BCUT2D eigenvalue weighted by Crippen LogP contribution is -2.24. The number of aromatic amines is 1. The number of hydrogen-bond donors (Lipinski definition) is 2. The van der Waals surface area contributed by atoms with Crippen molar-refractivity contribution in [3.8, 4) is 23.0 Å². The summed E-state index contributed by atoms with van der Waals surface area (Å²) in [4.78, 5) is 34.4. The van der Waals surface area contributed by atoms with Crippen molar-refractivity contribution in [1.29, 1.82) is 0 Å². The van der Waals surface area contributed by atoms with Crippen molar-refractivity contribution in [1.82, 2.24) is 25.1 Å². The van der Waals surface area contributed by atoms with Crippen molar-refractivity contribution >= 4 is 28.5 Å². The van der Waals surface area contributed by atoms with E-state index in [1.165, 1.54) is 0 Å². The Morgan fingerprint density at radius 2 is 1.97 bits per heavy atom. The molecule has 0 aliphatic carbocycles. The predicted molar refractivity (Wildman–Crippen MR) is 140 cm³/mol. The summed E-state index contributed by atoms with van der Waals surface area (Å²) in [7, 11) is 0. The Morgan fingerprint density at radius 3 is 2.74 bits per heavy atom. The largest absolute Gasteiger partial charge is 0.457 e. The minimum absolute atomic E-state index is 0.117. The highest BCUT2D eigenvalue weighted by Crippen LogP contribution is 2.31. The van der Waals surface area contributed by atoms with Crippen molar-refractivity contribution in [2.24, 2.45) is 0 Å². The van der Waals surface area contributed by atoms with Gasteiger partial charge in [0, 0.05) is 48.8 Å². The molecule has 1 aliphatic rings. The van der Waals surface area contributed by atoms with Gasteiger partial charge < -0.3 is 24.4 Å². The van der Waals surface area contributed by atoms with Crippen LogP contribution >= 0.6 is 0 Å². The van der Waals surface area contributed by atoms with Gasteiger partial charge in [-0.1, -0.05) is 6.07 Å². The Morgan fingerprint density at radius 1 is 1.11 bits per heavy atom. The van der Waals surface area contributed by atoms with Gasteiger partial charge in [-0.05, 0) is 61.0 Å². The number of aryl methyl sites for hydroxylation is 1. The van der Waals surface area contributed by atoms with Crippen LogP contribution in [0.4, 0.5) is 5.69 Å². The summed E-state index contributed by atoms with van der Waals surface area (Å²) in [5.74, 6) is 1.82. The van der Waals surface area contributed by atoms with Gasteiger partial charge in [-0.25, -0.2) is 4.98 Å². The first kappa shape index (κ1) is 23.4. The zero-order valence-corrected chi connectivity index (χ0v) is 20.6. The predicted octanol–water partition coefficient (Wildman–Crippen LogP) is 5.09. The molecule has 0 bridgehead atoms. The molecule has 0 radical (unpaired) electrons. The molecule has 2 amide bonds. The van der Waals surface area contributed by atoms with Gasteiger partial charge in [0.15, 0.2) is 0 Å². The van der Waals surface area contributed by atoms with Crippen LogP contribution in [-0.2, 0) is 11.3 Å². The smallest absolute Gasteiger partial charge is 0.255 e. The summed E-state index contributed by atoms with van der Waals surface area (Å²) < 4.78 is 11.7. The number of nitrogens with one attached hydrogen (secondary N) is 2. The topological polar surface area (TPSA) is 126 Å². The Bertz CT molecular complexity index is 1640. The number of amides is 2. The molecule has 1 saturated heterocycles. The van der Waals surface area contributed by atoms with E-state index in [0.29, 0.717) is 54.0 Å². The lowest BCUT2D eigenvalue weighted by molar-refractivity contribution is -0.128. The molecule has 6 rings (SSSR count). The highest BCUT2D eigenvalue weighted by Gasteiger charge is 2.22. The van der Waals surface area contributed by atoms with Crippen molar-refractivity contribution in [3.05, 3.63) is 84.0 Å². The van der Waals surface area contributed by atoms with Gasteiger partial charge in [0.05, 0.1) is 17.4 Å². The number of nitrogens with zero attached hydrogens (tertiary/aromatic N) is 4. The van der Waals surface area contributed by atoms with Crippen LogP contribution in [0.1, 0.15) is 34.7 Å². The van der Waals surface area contributed by atoms with E-state index in [2.05, 4.69) is 25.5 Å². The van der Waals surface area contributed by atoms with Crippen LogP contribution in [0.25, 0.3) is 22.5 Å². The van der Waals surface area contributed by atoms with Gasteiger partial charge in [0.25, 0.3) is 5.91 Å². The summed E-state index contributed by atoms with van der Waals surface area (Å²) >= 11 is 0. The summed E-state index contributed by atoms with van der Waals surface area (Å²) in [5, 5.41) is 10.8. The molecule has 0 spiro atoms. The average molecular weight is 509 g/mol. The normalized spacial score (nSPS) is 13.3. The monoisotopic (exact) mass is 508 g/mol.